The summed E-state index contributed by atoms with van der Waals surface area (Å²) >= 11 is 0. The molecule has 0 aromatic rings. The predicted octanol–water partition coefficient (Wildman–Crippen LogP) is 4.41. The van der Waals surface area contributed by atoms with Gasteiger partial charge in [-0.1, -0.05) is 47.0 Å². The molecule has 0 heterocycles. The molecule has 0 unspecified atom stereocenters. The minimum absolute atomic E-state index is 0.263. The molecule has 2 heteroatoms. The molecule has 0 amide bonds. The predicted molar refractivity (Wildman–Crippen MR) is 79.8 cm³/mol. The van der Waals surface area contributed by atoms with Crippen LogP contribution in [0.2, 0.25) is 0 Å². The maximum Gasteiger partial charge on any atom is 0.108 e. The quantitative estimate of drug-likeness (QED) is 0.800. The van der Waals surface area contributed by atoms with Gasteiger partial charge in [-0.3, -0.25) is 5.32 Å². The second-order valence-corrected chi connectivity index (χ2v) is 8.53. The van der Waals surface area contributed by atoms with Crippen molar-refractivity contribution in [1.82, 2.24) is 5.32 Å². The van der Waals surface area contributed by atoms with Gasteiger partial charge in [0, 0.05) is 6.04 Å². The van der Waals surface area contributed by atoms with E-state index in [2.05, 4.69) is 39.1 Å². The summed E-state index contributed by atoms with van der Waals surface area (Å²) in [5, 5.41) is 13.6. The molecule has 2 nitrogen and oxygen atoms in total. The number of hydrogen-bond donors (Lipinski definition) is 1. The molecule has 0 spiro atoms. The summed E-state index contributed by atoms with van der Waals surface area (Å²) < 4.78 is 0. The van der Waals surface area contributed by atoms with Gasteiger partial charge in [-0.2, -0.15) is 5.26 Å². The van der Waals surface area contributed by atoms with Gasteiger partial charge in [0.25, 0.3) is 0 Å². The fraction of sp³-hybridized carbons (Fsp3) is 0.941. The lowest BCUT2D eigenvalue weighted by Gasteiger charge is -2.50. The SMILES string of the molecule is CC1(C)CC(C)(C)CC(C#N)(NC2CCCCC2)C1. The first kappa shape index (κ1) is 14.9. The summed E-state index contributed by atoms with van der Waals surface area (Å²) in [5.74, 6) is 0. The maximum absolute atomic E-state index is 9.82. The standard InChI is InChI=1S/C17H30N2/c1-15(2)10-16(3,4)12-17(11-15,13-18)19-14-8-6-5-7-9-14/h14,19H,5-12H2,1-4H3. The Hall–Kier alpha value is -0.550. The van der Waals surface area contributed by atoms with E-state index >= 15 is 0 Å². The molecule has 2 saturated carbocycles. The van der Waals surface area contributed by atoms with E-state index in [9.17, 15) is 5.26 Å². The molecule has 0 bridgehead atoms. The lowest BCUT2D eigenvalue weighted by molar-refractivity contribution is 0.0467. The molecule has 0 aromatic carbocycles. The average molecular weight is 262 g/mol. The van der Waals surface area contributed by atoms with Crippen LogP contribution in [0.15, 0.2) is 0 Å². The van der Waals surface area contributed by atoms with Crippen LogP contribution in [0.25, 0.3) is 0 Å². The molecule has 2 fully saturated rings. The monoisotopic (exact) mass is 262 g/mol. The number of nitriles is 1. The Morgan fingerprint density at radius 1 is 0.895 bits per heavy atom. The Bertz CT molecular complexity index is 340. The van der Waals surface area contributed by atoms with Gasteiger partial charge >= 0.3 is 0 Å². The van der Waals surface area contributed by atoms with Crippen molar-refractivity contribution in [2.24, 2.45) is 10.8 Å². The minimum atomic E-state index is -0.298. The molecule has 2 rings (SSSR count). The summed E-state index contributed by atoms with van der Waals surface area (Å²) in [5.41, 5.74) is 0.228. The third-order valence-corrected chi connectivity index (χ3v) is 4.82. The van der Waals surface area contributed by atoms with Crippen molar-refractivity contribution in [3.8, 4) is 6.07 Å². The van der Waals surface area contributed by atoms with E-state index in [1.807, 2.05) is 0 Å². The van der Waals surface area contributed by atoms with Gasteiger partial charge in [0.15, 0.2) is 0 Å². The van der Waals surface area contributed by atoms with Gasteiger partial charge in [-0.15, -0.1) is 0 Å². The molecule has 2 aliphatic rings. The highest BCUT2D eigenvalue weighted by Crippen LogP contribution is 2.50. The van der Waals surface area contributed by atoms with Gasteiger partial charge in [0.05, 0.1) is 6.07 Å². The van der Waals surface area contributed by atoms with E-state index in [0.717, 1.165) is 12.8 Å². The molecular formula is C17H30N2. The first-order valence-corrected chi connectivity index (χ1v) is 7.95. The van der Waals surface area contributed by atoms with Crippen LogP contribution < -0.4 is 5.32 Å². The molecule has 0 aliphatic heterocycles. The summed E-state index contributed by atoms with van der Waals surface area (Å²) in [7, 11) is 0. The third-order valence-electron chi connectivity index (χ3n) is 4.82. The number of nitrogens with zero attached hydrogens (tertiary/aromatic N) is 1. The molecule has 108 valence electrons. The van der Waals surface area contributed by atoms with Crippen LogP contribution >= 0.6 is 0 Å². The van der Waals surface area contributed by atoms with Gasteiger partial charge in [0.1, 0.15) is 5.54 Å². The Balaban J connectivity index is 2.14. The van der Waals surface area contributed by atoms with E-state index < -0.39 is 0 Å². The van der Waals surface area contributed by atoms with Crippen molar-refractivity contribution in [3.05, 3.63) is 0 Å². The summed E-state index contributed by atoms with van der Waals surface area (Å²) in [6.07, 6.45) is 9.74. The number of nitrogens with one attached hydrogen (secondary N) is 1. The smallest absolute Gasteiger partial charge is 0.108 e. The van der Waals surface area contributed by atoms with Crippen LogP contribution in [-0.2, 0) is 0 Å². The van der Waals surface area contributed by atoms with E-state index in [1.54, 1.807) is 0 Å². The zero-order valence-electron chi connectivity index (χ0n) is 13.2. The fourth-order valence-corrected chi connectivity index (χ4v) is 4.97. The second kappa shape index (κ2) is 5.09. The normalized spacial score (nSPS) is 29.6. The minimum Gasteiger partial charge on any atom is -0.297 e. The van der Waals surface area contributed by atoms with Crippen LogP contribution in [0.4, 0.5) is 0 Å². The Labute approximate surface area is 119 Å². The van der Waals surface area contributed by atoms with E-state index in [4.69, 9.17) is 0 Å². The molecule has 1 N–H and O–H groups in total. The first-order valence-electron chi connectivity index (χ1n) is 7.95. The van der Waals surface area contributed by atoms with Crippen molar-refractivity contribution in [2.75, 3.05) is 0 Å². The molecule has 0 atom stereocenters. The Morgan fingerprint density at radius 2 is 1.42 bits per heavy atom. The van der Waals surface area contributed by atoms with Crippen LogP contribution in [0, 0.1) is 22.2 Å². The fourth-order valence-electron chi connectivity index (χ4n) is 4.97. The summed E-state index contributed by atoms with van der Waals surface area (Å²) in [6, 6.07) is 3.23. The molecule has 19 heavy (non-hydrogen) atoms. The van der Waals surface area contributed by atoms with Crippen LogP contribution in [0.5, 0.6) is 0 Å². The van der Waals surface area contributed by atoms with Gasteiger partial charge in [-0.25, -0.2) is 0 Å². The van der Waals surface area contributed by atoms with Crippen molar-refractivity contribution in [3.63, 3.8) is 0 Å². The molecular weight excluding hydrogens is 232 g/mol. The van der Waals surface area contributed by atoms with Crippen molar-refractivity contribution in [2.45, 2.75) is 90.6 Å². The lowest BCUT2D eigenvalue weighted by atomic mass is 9.58. The molecule has 0 aromatic heterocycles. The molecule has 0 radical (unpaired) electrons. The lowest BCUT2D eigenvalue weighted by Crippen LogP contribution is -2.57. The third kappa shape index (κ3) is 3.72. The van der Waals surface area contributed by atoms with Gasteiger partial charge in [-0.05, 0) is 42.9 Å². The summed E-state index contributed by atoms with van der Waals surface area (Å²) in [4.78, 5) is 0. The van der Waals surface area contributed by atoms with Crippen LogP contribution in [0.3, 0.4) is 0 Å². The zero-order valence-corrected chi connectivity index (χ0v) is 13.2. The summed E-state index contributed by atoms with van der Waals surface area (Å²) in [6.45, 7) is 9.29. The van der Waals surface area contributed by atoms with Crippen LogP contribution in [-0.4, -0.2) is 11.6 Å². The van der Waals surface area contributed by atoms with Gasteiger partial charge < -0.3 is 0 Å². The topological polar surface area (TPSA) is 35.8 Å². The largest absolute Gasteiger partial charge is 0.297 e. The van der Waals surface area contributed by atoms with E-state index in [0.29, 0.717) is 6.04 Å². The number of hydrogen-bond acceptors (Lipinski definition) is 2. The second-order valence-electron chi connectivity index (χ2n) is 8.53. The van der Waals surface area contributed by atoms with Gasteiger partial charge in [0.2, 0.25) is 0 Å². The Kier molecular flexibility index (Phi) is 3.98. The Morgan fingerprint density at radius 3 is 1.89 bits per heavy atom. The molecule has 2 aliphatic carbocycles. The van der Waals surface area contributed by atoms with E-state index in [-0.39, 0.29) is 16.4 Å². The van der Waals surface area contributed by atoms with Crippen molar-refractivity contribution >= 4 is 0 Å². The highest BCUT2D eigenvalue weighted by molar-refractivity contribution is 5.15. The van der Waals surface area contributed by atoms with Crippen molar-refractivity contribution in [1.29, 1.82) is 5.26 Å². The number of rotatable bonds is 2. The maximum atomic E-state index is 9.82. The van der Waals surface area contributed by atoms with Crippen LogP contribution in [0.1, 0.15) is 79.1 Å². The highest BCUT2D eigenvalue weighted by Gasteiger charge is 2.48. The molecule has 0 saturated heterocycles. The van der Waals surface area contributed by atoms with E-state index in [1.165, 1.54) is 38.5 Å². The zero-order chi connectivity index (χ0) is 14.1. The van der Waals surface area contributed by atoms with Crippen molar-refractivity contribution < 1.29 is 0 Å². The first-order chi connectivity index (χ1) is 8.76. The average Bonchev–Trinajstić information content (AvgIpc) is 2.26. The highest BCUT2D eigenvalue weighted by atomic mass is 15.0.